The third-order valence-electron chi connectivity index (χ3n) is 3.65. The van der Waals surface area contributed by atoms with Crippen molar-refractivity contribution >= 4 is 0 Å². The maximum Gasteiger partial charge on any atom is 0.234 e. The number of ether oxygens (including phenoxy) is 1. The normalized spacial score (nSPS) is 22.9. The average Bonchev–Trinajstić information content (AvgIpc) is 2.97. The zero-order valence-electron chi connectivity index (χ0n) is 11.5. The molecule has 0 spiro atoms. The lowest BCUT2D eigenvalue weighted by atomic mass is 9.97. The van der Waals surface area contributed by atoms with Crippen molar-refractivity contribution in [3.8, 4) is 11.5 Å². The van der Waals surface area contributed by atoms with E-state index in [1.807, 2.05) is 12.1 Å². The van der Waals surface area contributed by atoms with Gasteiger partial charge in [-0.1, -0.05) is 18.1 Å². The zero-order valence-corrected chi connectivity index (χ0v) is 11.5. The lowest BCUT2D eigenvalue weighted by molar-refractivity contribution is 0.0590. The predicted molar refractivity (Wildman–Crippen MR) is 73.1 cm³/mol. The van der Waals surface area contributed by atoms with Crippen LogP contribution in [0.3, 0.4) is 0 Å². The van der Waals surface area contributed by atoms with E-state index in [4.69, 9.17) is 15.0 Å². The Hall–Kier alpha value is -1.79. The highest BCUT2D eigenvalue weighted by atomic mass is 16.5. The molecule has 2 atom stereocenters. The number of hydrogen-bond donors (Lipinski definition) is 1. The van der Waals surface area contributed by atoms with Gasteiger partial charge in [-0.15, -0.1) is 0 Å². The minimum absolute atomic E-state index is 0.00595. The summed E-state index contributed by atoms with van der Waals surface area (Å²) in [5, 5.41) is 4.04. The Morgan fingerprint density at radius 3 is 3.15 bits per heavy atom. The summed E-state index contributed by atoms with van der Waals surface area (Å²) in [6.07, 6.45) is 3.42. The van der Waals surface area contributed by atoms with Crippen LogP contribution in [0.1, 0.15) is 30.7 Å². The zero-order chi connectivity index (χ0) is 13.9. The van der Waals surface area contributed by atoms with Crippen molar-refractivity contribution < 1.29 is 9.26 Å². The smallest absolute Gasteiger partial charge is 0.234 e. The van der Waals surface area contributed by atoms with Crippen LogP contribution in [0.2, 0.25) is 0 Å². The first-order valence-corrected chi connectivity index (χ1v) is 6.90. The Balaban J connectivity index is 1.90. The molecule has 2 N–H and O–H groups in total. The summed E-state index contributed by atoms with van der Waals surface area (Å²) in [5.74, 6) is 1.04. The molecule has 0 aromatic carbocycles. The van der Waals surface area contributed by atoms with E-state index in [0.717, 1.165) is 24.1 Å². The summed E-state index contributed by atoms with van der Waals surface area (Å²) < 4.78 is 10.8. The molecule has 6 nitrogen and oxygen atoms in total. The van der Waals surface area contributed by atoms with Crippen LogP contribution >= 0.6 is 0 Å². The molecular weight excluding hydrogens is 256 g/mol. The van der Waals surface area contributed by atoms with Gasteiger partial charge >= 0.3 is 0 Å². The summed E-state index contributed by atoms with van der Waals surface area (Å²) >= 11 is 0. The molecule has 1 aliphatic heterocycles. The number of pyridine rings is 1. The van der Waals surface area contributed by atoms with Gasteiger partial charge in [0.25, 0.3) is 0 Å². The molecule has 1 saturated heterocycles. The summed E-state index contributed by atoms with van der Waals surface area (Å²) in [6, 6.07) is 3.94. The van der Waals surface area contributed by atoms with E-state index < -0.39 is 0 Å². The quantitative estimate of drug-likeness (QED) is 0.913. The van der Waals surface area contributed by atoms with Crippen molar-refractivity contribution in [3.05, 3.63) is 29.8 Å². The number of aryl methyl sites for hydroxylation is 1. The summed E-state index contributed by atoms with van der Waals surface area (Å²) in [5.41, 5.74) is 7.97. The van der Waals surface area contributed by atoms with E-state index in [1.165, 1.54) is 0 Å². The van der Waals surface area contributed by atoms with Gasteiger partial charge in [0.15, 0.2) is 0 Å². The molecule has 2 aromatic heterocycles. The topological polar surface area (TPSA) is 87.1 Å². The molecule has 3 rings (SSSR count). The molecule has 6 heteroatoms. The third-order valence-corrected chi connectivity index (χ3v) is 3.65. The molecule has 0 saturated carbocycles. The second-order valence-corrected chi connectivity index (χ2v) is 4.95. The van der Waals surface area contributed by atoms with Crippen LogP contribution in [0, 0.1) is 0 Å². The maximum atomic E-state index is 6.09. The highest BCUT2D eigenvalue weighted by Crippen LogP contribution is 2.26. The fourth-order valence-electron chi connectivity index (χ4n) is 2.42. The predicted octanol–water partition coefficient (Wildman–Crippen LogP) is 1.53. The number of nitrogens with zero attached hydrogens (tertiary/aromatic N) is 3. The van der Waals surface area contributed by atoms with Gasteiger partial charge in [-0.3, -0.25) is 4.98 Å². The average molecular weight is 274 g/mol. The lowest BCUT2D eigenvalue weighted by Gasteiger charge is -2.25. The Labute approximate surface area is 117 Å². The Morgan fingerprint density at radius 2 is 2.35 bits per heavy atom. The Bertz CT molecular complexity index is 584. The molecule has 20 heavy (non-hydrogen) atoms. The van der Waals surface area contributed by atoms with Gasteiger partial charge in [-0.25, -0.2) is 0 Å². The van der Waals surface area contributed by atoms with Gasteiger partial charge in [0.2, 0.25) is 11.7 Å². The van der Waals surface area contributed by atoms with Crippen molar-refractivity contribution in [2.75, 3.05) is 13.2 Å². The van der Waals surface area contributed by atoms with Crippen LogP contribution in [-0.2, 0) is 11.2 Å². The van der Waals surface area contributed by atoms with Crippen LogP contribution in [0.4, 0.5) is 0 Å². The minimum atomic E-state index is -0.0289. The molecule has 2 unspecified atom stereocenters. The number of aromatic nitrogens is 3. The monoisotopic (exact) mass is 274 g/mol. The summed E-state index contributed by atoms with van der Waals surface area (Å²) in [4.78, 5) is 8.81. The van der Waals surface area contributed by atoms with Crippen molar-refractivity contribution in [1.82, 2.24) is 15.1 Å². The SMILES string of the molecule is CCc1cccnc1-c1noc(C2COCCC2N)n1. The molecule has 0 radical (unpaired) electrons. The van der Waals surface area contributed by atoms with Crippen LogP contribution in [0.15, 0.2) is 22.9 Å². The van der Waals surface area contributed by atoms with E-state index in [1.54, 1.807) is 6.20 Å². The first kappa shape index (κ1) is 13.2. The summed E-state index contributed by atoms with van der Waals surface area (Å²) in [6.45, 7) is 3.30. The highest BCUT2D eigenvalue weighted by molar-refractivity contribution is 5.53. The van der Waals surface area contributed by atoms with E-state index >= 15 is 0 Å². The fraction of sp³-hybridized carbons (Fsp3) is 0.500. The van der Waals surface area contributed by atoms with Crippen molar-refractivity contribution in [1.29, 1.82) is 0 Å². The van der Waals surface area contributed by atoms with Crippen LogP contribution in [0.5, 0.6) is 0 Å². The van der Waals surface area contributed by atoms with Gasteiger partial charge in [0, 0.05) is 18.8 Å². The first-order chi connectivity index (χ1) is 9.79. The van der Waals surface area contributed by atoms with Gasteiger partial charge in [-0.2, -0.15) is 4.98 Å². The second kappa shape index (κ2) is 5.68. The molecule has 3 heterocycles. The first-order valence-electron chi connectivity index (χ1n) is 6.90. The lowest BCUT2D eigenvalue weighted by Crippen LogP contribution is -2.37. The van der Waals surface area contributed by atoms with E-state index in [9.17, 15) is 0 Å². The van der Waals surface area contributed by atoms with Crippen LogP contribution in [0.25, 0.3) is 11.5 Å². The second-order valence-electron chi connectivity index (χ2n) is 4.95. The van der Waals surface area contributed by atoms with Gasteiger partial charge in [-0.05, 0) is 24.5 Å². The van der Waals surface area contributed by atoms with Crippen molar-refractivity contribution in [3.63, 3.8) is 0 Å². The van der Waals surface area contributed by atoms with Crippen LogP contribution < -0.4 is 5.73 Å². The Morgan fingerprint density at radius 1 is 1.45 bits per heavy atom. The van der Waals surface area contributed by atoms with Crippen molar-refractivity contribution in [2.45, 2.75) is 31.7 Å². The molecule has 1 fully saturated rings. The number of nitrogens with two attached hydrogens (primary N) is 1. The molecule has 0 aliphatic carbocycles. The van der Waals surface area contributed by atoms with Gasteiger partial charge in [0.1, 0.15) is 5.69 Å². The number of rotatable bonds is 3. The highest BCUT2D eigenvalue weighted by Gasteiger charge is 2.29. The molecule has 106 valence electrons. The molecule has 2 aromatic rings. The van der Waals surface area contributed by atoms with E-state index in [0.29, 0.717) is 24.9 Å². The molecule has 1 aliphatic rings. The van der Waals surface area contributed by atoms with Crippen molar-refractivity contribution in [2.24, 2.45) is 5.73 Å². The van der Waals surface area contributed by atoms with Gasteiger partial charge < -0.3 is 15.0 Å². The minimum Gasteiger partial charge on any atom is -0.381 e. The van der Waals surface area contributed by atoms with E-state index in [2.05, 4.69) is 22.0 Å². The standard InChI is InChI=1S/C14H18N4O2/c1-2-9-4-3-6-16-12(9)13-17-14(20-18-13)10-8-19-7-5-11(10)15/h3-4,6,10-11H,2,5,7-8,15H2,1H3. The summed E-state index contributed by atoms with van der Waals surface area (Å²) in [7, 11) is 0. The molecule has 0 bridgehead atoms. The third kappa shape index (κ3) is 2.44. The van der Waals surface area contributed by atoms with Crippen LogP contribution in [-0.4, -0.2) is 34.4 Å². The largest absolute Gasteiger partial charge is 0.381 e. The maximum absolute atomic E-state index is 6.09. The fourth-order valence-corrected chi connectivity index (χ4v) is 2.42. The van der Waals surface area contributed by atoms with Gasteiger partial charge in [0.05, 0.1) is 12.5 Å². The van der Waals surface area contributed by atoms with E-state index in [-0.39, 0.29) is 12.0 Å². The molecular formula is C14H18N4O2. The number of hydrogen-bond acceptors (Lipinski definition) is 6. The Kier molecular flexibility index (Phi) is 3.75. The molecule has 0 amide bonds.